The summed E-state index contributed by atoms with van der Waals surface area (Å²) in [7, 11) is 2.53. The van der Waals surface area contributed by atoms with E-state index in [0.29, 0.717) is 30.8 Å². The van der Waals surface area contributed by atoms with Gasteiger partial charge in [-0.3, -0.25) is 14.4 Å². The van der Waals surface area contributed by atoms with E-state index in [9.17, 15) is 19.4 Å². The van der Waals surface area contributed by atoms with E-state index in [0.717, 1.165) is 17.5 Å². The summed E-state index contributed by atoms with van der Waals surface area (Å²) in [6.45, 7) is 5.30. The maximum absolute atomic E-state index is 13.3. The molecule has 1 heterocycles. The topological polar surface area (TPSA) is 129 Å². The van der Waals surface area contributed by atoms with Gasteiger partial charge in [0.05, 0.1) is 11.9 Å². The molecule has 1 atom stereocenters. The van der Waals surface area contributed by atoms with Crippen molar-refractivity contribution in [1.82, 2.24) is 25.0 Å². The van der Waals surface area contributed by atoms with Crippen LogP contribution in [0.3, 0.4) is 0 Å². The van der Waals surface area contributed by atoms with Gasteiger partial charge in [-0.1, -0.05) is 42.5 Å². The van der Waals surface area contributed by atoms with Crippen LogP contribution in [0.2, 0.25) is 6.82 Å². The number of anilines is 1. The van der Waals surface area contributed by atoms with Gasteiger partial charge < -0.3 is 30.4 Å². The van der Waals surface area contributed by atoms with Crippen LogP contribution in [0.1, 0.15) is 48.2 Å². The highest BCUT2D eigenvalue weighted by Crippen LogP contribution is 2.14. The molecule has 11 heteroatoms. The monoisotopic (exact) mass is 546 g/mol. The van der Waals surface area contributed by atoms with Gasteiger partial charge in [-0.15, -0.1) is 0 Å². The summed E-state index contributed by atoms with van der Waals surface area (Å²) >= 11 is 0. The van der Waals surface area contributed by atoms with Gasteiger partial charge in [0.25, 0.3) is 5.91 Å². The van der Waals surface area contributed by atoms with Crippen molar-refractivity contribution in [1.29, 1.82) is 0 Å². The van der Waals surface area contributed by atoms with Crippen molar-refractivity contribution in [3.8, 4) is 0 Å². The Morgan fingerprint density at radius 2 is 1.77 bits per heavy atom. The van der Waals surface area contributed by atoms with E-state index in [-0.39, 0.29) is 11.8 Å². The number of aromatic nitrogens is 2. The third kappa shape index (κ3) is 9.06. The third-order valence-electron chi connectivity index (χ3n) is 6.39. The number of rotatable bonds is 13. The van der Waals surface area contributed by atoms with Crippen molar-refractivity contribution >= 4 is 30.6 Å². The van der Waals surface area contributed by atoms with Crippen LogP contribution < -0.4 is 15.9 Å². The van der Waals surface area contributed by atoms with Crippen molar-refractivity contribution in [3.05, 3.63) is 83.8 Å². The zero-order valence-corrected chi connectivity index (χ0v) is 23.8. The van der Waals surface area contributed by atoms with E-state index < -0.39 is 24.5 Å². The molecule has 3 rings (SSSR count). The second-order valence-electron chi connectivity index (χ2n) is 10.7. The number of benzene rings is 2. The highest BCUT2D eigenvalue weighted by atomic mass is 16.2. The van der Waals surface area contributed by atoms with E-state index in [1.807, 2.05) is 53.1 Å². The number of carbonyl (C=O) groups is 3. The van der Waals surface area contributed by atoms with Gasteiger partial charge in [-0.05, 0) is 63.2 Å². The Morgan fingerprint density at radius 3 is 2.45 bits per heavy atom. The Labute approximate surface area is 236 Å². The predicted octanol–water partition coefficient (Wildman–Crippen LogP) is 2.56. The molecular formula is C29H39BN6O4. The number of nitrogens with one attached hydrogen (secondary N) is 3. The van der Waals surface area contributed by atoms with Gasteiger partial charge >= 0.3 is 7.05 Å². The van der Waals surface area contributed by atoms with Gasteiger partial charge in [0, 0.05) is 32.4 Å². The molecule has 212 valence electrons. The first-order valence-corrected chi connectivity index (χ1v) is 13.4. The molecule has 4 N–H and O–H groups in total. The van der Waals surface area contributed by atoms with Crippen molar-refractivity contribution in [3.63, 3.8) is 0 Å². The first-order chi connectivity index (χ1) is 18.9. The van der Waals surface area contributed by atoms with Crippen molar-refractivity contribution in [2.24, 2.45) is 0 Å². The van der Waals surface area contributed by atoms with E-state index in [1.54, 1.807) is 46.5 Å². The lowest BCUT2D eigenvalue weighted by molar-refractivity contribution is -0.130. The second-order valence-corrected chi connectivity index (χ2v) is 10.7. The van der Waals surface area contributed by atoms with Crippen LogP contribution in [0.4, 0.5) is 5.82 Å². The molecule has 3 amide bonds. The van der Waals surface area contributed by atoms with Crippen LogP contribution >= 0.6 is 0 Å². The number of amides is 3. The molecule has 2 aromatic carbocycles. The summed E-state index contributed by atoms with van der Waals surface area (Å²) in [6, 6.07) is 16.5. The molecule has 1 aromatic heterocycles. The van der Waals surface area contributed by atoms with Crippen LogP contribution in [-0.2, 0) is 22.6 Å². The van der Waals surface area contributed by atoms with Crippen LogP contribution in [0.15, 0.2) is 67.1 Å². The summed E-state index contributed by atoms with van der Waals surface area (Å²) in [5.74, 6) is -0.495. The molecule has 0 aliphatic carbocycles. The smallest absolute Gasteiger partial charge is 0.374 e. The zero-order valence-electron chi connectivity index (χ0n) is 23.8. The summed E-state index contributed by atoms with van der Waals surface area (Å²) < 4.78 is 1.81. The van der Waals surface area contributed by atoms with Gasteiger partial charge in [0.15, 0.2) is 5.82 Å². The minimum Gasteiger partial charge on any atom is -0.437 e. The molecule has 0 saturated heterocycles. The Hall–Kier alpha value is -3.96. The lowest BCUT2D eigenvalue weighted by Crippen LogP contribution is -2.60. The number of imidazole rings is 1. The summed E-state index contributed by atoms with van der Waals surface area (Å²) in [5, 5.41) is 18.2. The average molecular weight is 546 g/mol. The molecule has 0 saturated carbocycles. The van der Waals surface area contributed by atoms with E-state index >= 15 is 0 Å². The molecule has 0 bridgehead atoms. The fourth-order valence-electron chi connectivity index (χ4n) is 4.35. The number of hydrogen-bond donors (Lipinski definition) is 4. The largest absolute Gasteiger partial charge is 0.437 e. The average Bonchev–Trinajstić information content (AvgIpc) is 3.33. The fraction of sp³-hybridized carbons (Fsp3) is 0.379. The van der Waals surface area contributed by atoms with Gasteiger partial charge in [-0.2, -0.15) is 0 Å². The molecule has 0 radical (unpaired) electrons. The van der Waals surface area contributed by atoms with Crippen molar-refractivity contribution in [2.75, 3.05) is 19.4 Å². The van der Waals surface area contributed by atoms with Crippen molar-refractivity contribution < 1.29 is 19.4 Å². The Kier molecular flexibility index (Phi) is 10.6. The van der Waals surface area contributed by atoms with Crippen LogP contribution in [0.25, 0.3) is 0 Å². The summed E-state index contributed by atoms with van der Waals surface area (Å²) in [6.07, 6.45) is 5.18. The number of carbonyl (C=O) groups excluding carboxylic acids is 3. The van der Waals surface area contributed by atoms with E-state index in [1.165, 1.54) is 11.7 Å². The summed E-state index contributed by atoms with van der Waals surface area (Å²) in [4.78, 5) is 44.5. The van der Waals surface area contributed by atoms with E-state index in [2.05, 4.69) is 20.8 Å². The molecule has 40 heavy (non-hydrogen) atoms. The van der Waals surface area contributed by atoms with E-state index in [4.69, 9.17) is 0 Å². The number of aryl methyl sites for hydroxylation is 1. The molecular weight excluding hydrogens is 507 g/mol. The van der Waals surface area contributed by atoms with Gasteiger partial charge in [-0.25, -0.2) is 4.98 Å². The second kappa shape index (κ2) is 13.9. The first-order valence-electron chi connectivity index (χ1n) is 13.4. The quantitative estimate of drug-likeness (QED) is 0.244. The summed E-state index contributed by atoms with van der Waals surface area (Å²) in [5.41, 5.74) is 1.58. The minimum absolute atomic E-state index is 0.0763. The normalized spacial score (nSPS) is 11.9. The third-order valence-corrected chi connectivity index (χ3v) is 6.39. The van der Waals surface area contributed by atoms with Crippen LogP contribution in [0.5, 0.6) is 0 Å². The number of hydrogen-bond acceptors (Lipinski definition) is 6. The molecule has 0 aliphatic rings. The highest BCUT2D eigenvalue weighted by Gasteiger charge is 2.33. The standard InChI is InChI=1S/C29H39BN6O4/c1-29(2,34-30(3)40)28(39)32-24(16-10-13-21-11-7-6-8-12-21)26(37)33-25-19-36(20-31-25)18-22-14-9-15-23(17-22)27(38)35(4)5/h6-9,11-12,14-15,17,19-20,24,34,40H,10,13,16,18H2,1-5H3,(H,32,39)(H,33,37)/t24-/m1/s1. The lowest BCUT2D eigenvalue weighted by atomic mass is 9.83. The Balaban J connectivity index is 1.68. The van der Waals surface area contributed by atoms with Crippen LogP contribution in [-0.4, -0.2) is 69.9 Å². The molecule has 0 fully saturated rings. The first kappa shape index (κ1) is 30.6. The Morgan fingerprint density at radius 1 is 1.07 bits per heavy atom. The molecule has 3 aromatic rings. The zero-order chi connectivity index (χ0) is 29.3. The van der Waals surface area contributed by atoms with Gasteiger partial charge in [0.2, 0.25) is 11.8 Å². The Bertz CT molecular complexity index is 1290. The highest BCUT2D eigenvalue weighted by molar-refractivity contribution is 6.46. The molecule has 0 spiro atoms. The lowest BCUT2D eigenvalue weighted by Gasteiger charge is -2.28. The molecule has 10 nitrogen and oxygen atoms in total. The maximum atomic E-state index is 13.3. The van der Waals surface area contributed by atoms with Crippen LogP contribution in [0, 0.1) is 0 Å². The van der Waals surface area contributed by atoms with Gasteiger partial charge in [0.1, 0.15) is 6.04 Å². The predicted molar refractivity (Wildman–Crippen MR) is 157 cm³/mol. The minimum atomic E-state index is -1.09. The fourth-order valence-corrected chi connectivity index (χ4v) is 4.35. The SMILES string of the molecule is CB(O)NC(C)(C)C(=O)N[C@H](CCCc1ccccc1)C(=O)Nc1cn(Cc2cccc(C(=O)N(C)C)c2)cn1. The number of nitrogens with zero attached hydrogens (tertiary/aromatic N) is 3. The van der Waals surface area contributed by atoms with Crippen molar-refractivity contribution in [2.45, 2.75) is 58.1 Å². The molecule has 0 aliphatic heterocycles. The maximum Gasteiger partial charge on any atom is 0.374 e. The molecule has 0 unspecified atom stereocenters.